The number of nitrogens with zero attached hydrogens (tertiary/aromatic N) is 2. The van der Waals surface area contributed by atoms with Crippen LogP contribution in [0.5, 0.6) is 0 Å². The van der Waals surface area contributed by atoms with Crippen molar-refractivity contribution in [3.8, 4) is 61.6 Å². The lowest BCUT2D eigenvalue weighted by molar-refractivity contribution is 0.725. The molecular weight excluding hydrogens is 565 g/mol. The monoisotopic (exact) mass is 596 g/mol. The van der Waals surface area contributed by atoms with Gasteiger partial charge in [-0.05, 0) is 65.4 Å². The van der Waals surface area contributed by atoms with Crippen LogP contribution in [-0.2, 0) is 4.75 Å². The molecular formula is C42H32N2S. The van der Waals surface area contributed by atoms with Crippen molar-refractivity contribution in [3.05, 3.63) is 163 Å². The zero-order chi connectivity index (χ0) is 30.4. The van der Waals surface area contributed by atoms with Gasteiger partial charge in [0.05, 0.1) is 17.1 Å². The van der Waals surface area contributed by atoms with E-state index in [-0.39, 0.29) is 4.75 Å². The molecule has 8 rings (SSSR count). The molecule has 2 heterocycles. The normalized spacial score (nSPS) is 13.2. The third-order valence-electron chi connectivity index (χ3n) is 8.65. The van der Waals surface area contributed by atoms with Gasteiger partial charge in [-0.15, -0.1) is 0 Å². The minimum atomic E-state index is -0.173. The predicted octanol–water partition coefficient (Wildman–Crippen LogP) is 11.5. The van der Waals surface area contributed by atoms with E-state index in [1.807, 2.05) is 11.8 Å². The highest BCUT2D eigenvalue weighted by Crippen LogP contribution is 2.53. The lowest BCUT2D eigenvalue weighted by Gasteiger charge is -2.34. The molecule has 3 heteroatoms. The van der Waals surface area contributed by atoms with Crippen LogP contribution in [0.3, 0.4) is 0 Å². The molecule has 0 bridgehead atoms. The Labute approximate surface area is 269 Å². The SMILES string of the molecule is CC1(C)Sc2nc(-c3ccccc3)c(-c3ccccc3)n2-c2c(-c3cc(-c4ccccc4)cc(-c4ccccc4)c3)cccc21. The van der Waals surface area contributed by atoms with Gasteiger partial charge in [-0.2, -0.15) is 0 Å². The molecule has 0 fully saturated rings. The Morgan fingerprint density at radius 2 is 0.978 bits per heavy atom. The summed E-state index contributed by atoms with van der Waals surface area (Å²) in [6.45, 7) is 4.64. The smallest absolute Gasteiger partial charge is 0.174 e. The average Bonchev–Trinajstić information content (AvgIpc) is 3.48. The Hall–Kier alpha value is -5.12. The Morgan fingerprint density at radius 1 is 0.489 bits per heavy atom. The minimum Gasteiger partial charge on any atom is -0.286 e. The van der Waals surface area contributed by atoms with Crippen LogP contribution in [-0.4, -0.2) is 9.55 Å². The quantitative estimate of drug-likeness (QED) is 0.197. The van der Waals surface area contributed by atoms with Crippen molar-refractivity contribution in [2.24, 2.45) is 0 Å². The topological polar surface area (TPSA) is 17.8 Å². The third-order valence-corrected chi connectivity index (χ3v) is 9.84. The van der Waals surface area contributed by atoms with Crippen molar-refractivity contribution in [2.75, 3.05) is 0 Å². The molecule has 2 nitrogen and oxygen atoms in total. The van der Waals surface area contributed by atoms with Crippen molar-refractivity contribution in [1.29, 1.82) is 0 Å². The molecule has 0 unspecified atom stereocenters. The molecule has 7 aromatic rings. The Morgan fingerprint density at radius 3 is 1.53 bits per heavy atom. The number of benzene rings is 6. The second-order valence-electron chi connectivity index (χ2n) is 12.0. The molecule has 6 aromatic carbocycles. The van der Waals surface area contributed by atoms with Crippen LogP contribution in [0.1, 0.15) is 19.4 Å². The highest BCUT2D eigenvalue weighted by molar-refractivity contribution is 8.00. The van der Waals surface area contributed by atoms with Crippen molar-refractivity contribution >= 4 is 11.8 Å². The standard InChI is InChI=1S/C42H32N2S/c1-42(2)37-25-15-24-36(35-27-33(29-16-7-3-8-17-29)26-34(28-35)30-18-9-4-10-19-30)40(37)44-39(32-22-13-6-14-23-32)38(43-41(44)45-42)31-20-11-5-12-21-31/h3-28H,1-2H3. The second kappa shape index (κ2) is 11.1. The summed E-state index contributed by atoms with van der Waals surface area (Å²) in [5, 5.41) is 1.01. The first kappa shape index (κ1) is 27.4. The molecule has 0 amide bonds. The molecule has 0 saturated carbocycles. The highest BCUT2D eigenvalue weighted by atomic mass is 32.2. The van der Waals surface area contributed by atoms with Crippen LogP contribution in [0.2, 0.25) is 0 Å². The molecule has 1 aliphatic rings. The summed E-state index contributed by atoms with van der Waals surface area (Å²) in [7, 11) is 0. The zero-order valence-electron chi connectivity index (χ0n) is 25.3. The highest BCUT2D eigenvalue weighted by Gasteiger charge is 2.37. The molecule has 0 aliphatic carbocycles. The van der Waals surface area contributed by atoms with Gasteiger partial charge in [-0.1, -0.05) is 151 Å². The first-order chi connectivity index (χ1) is 22.1. The maximum atomic E-state index is 5.38. The zero-order valence-corrected chi connectivity index (χ0v) is 26.1. The fraction of sp³-hybridized carbons (Fsp3) is 0.0714. The third kappa shape index (κ3) is 4.90. The summed E-state index contributed by atoms with van der Waals surface area (Å²) in [5.41, 5.74) is 14.1. The summed E-state index contributed by atoms with van der Waals surface area (Å²) >= 11 is 1.84. The van der Waals surface area contributed by atoms with Gasteiger partial charge in [0.25, 0.3) is 0 Å². The van der Waals surface area contributed by atoms with E-state index in [9.17, 15) is 0 Å². The molecule has 1 aliphatic heterocycles. The van der Waals surface area contributed by atoms with E-state index < -0.39 is 0 Å². The van der Waals surface area contributed by atoms with Gasteiger partial charge >= 0.3 is 0 Å². The number of thioether (sulfide) groups is 1. The number of aromatic nitrogens is 2. The van der Waals surface area contributed by atoms with Crippen LogP contribution in [0, 0.1) is 0 Å². The van der Waals surface area contributed by atoms with Gasteiger partial charge in [0.15, 0.2) is 5.16 Å². The summed E-state index contributed by atoms with van der Waals surface area (Å²) in [6.07, 6.45) is 0. The molecule has 45 heavy (non-hydrogen) atoms. The van der Waals surface area contributed by atoms with Gasteiger partial charge in [0, 0.05) is 21.4 Å². The van der Waals surface area contributed by atoms with Crippen molar-refractivity contribution in [2.45, 2.75) is 23.8 Å². The van der Waals surface area contributed by atoms with Crippen LogP contribution < -0.4 is 0 Å². The van der Waals surface area contributed by atoms with E-state index in [4.69, 9.17) is 4.98 Å². The minimum absolute atomic E-state index is 0.173. The Bertz CT molecular complexity index is 2070. The van der Waals surface area contributed by atoms with Crippen LogP contribution in [0.4, 0.5) is 0 Å². The van der Waals surface area contributed by atoms with Gasteiger partial charge in [0.2, 0.25) is 0 Å². The van der Waals surface area contributed by atoms with Gasteiger partial charge < -0.3 is 0 Å². The first-order valence-electron chi connectivity index (χ1n) is 15.4. The first-order valence-corrected chi connectivity index (χ1v) is 16.2. The van der Waals surface area contributed by atoms with E-state index in [1.165, 1.54) is 44.6 Å². The summed E-state index contributed by atoms with van der Waals surface area (Å²) in [4.78, 5) is 5.38. The Kier molecular flexibility index (Phi) is 6.77. The Balaban J connectivity index is 1.44. The largest absolute Gasteiger partial charge is 0.286 e. The number of hydrogen-bond donors (Lipinski definition) is 0. The lowest BCUT2D eigenvalue weighted by atomic mass is 9.89. The predicted molar refractivity (Wildman–Crippen MR) is 190 cm³/mol. The summed E-state index contributed by atoms with van der Waals surface area (Å²) in [6, 6.07) is 56.5. The van der Waals surface area contributed by atoms with Crippen molar-refractivity contribution in [3.63, 3.8) is 0 Å². The van der Waals surface area contributed by atoms with Gasteiger partial charge in [0.1, 0.15) is 0 Å². The van der Waals surface area contributed by atoms with Gasteiger partial charge in [-0.3, -0.25) is 4.57 Å². The molecule has 216 valence electrons. The molecule has 0 saturated heterocycles. The van der Waals surface area contributed by atoms with E-state index in [0.717, 1.165) is 27.7 Å². The van der Waals surface area contributed by atoms with Crippen molar-refractivity contribution < 1.29 is 0 Å². The fourth-order valence-electron chi connectivity index (χ4n) is 6.50. The maximum Gasteiger partial charge on any atom is 0.174 e. The molecule has 0 N–H and O–H groups in total. The van der Waals surface area contributed by atoms with E-state index in [2.05, 4.69) is 176 Å². The number of rotatable bonds is 5. The maximum absolute atomic E-state index is 5.38. The van der Waals surface area contributed by atoms with E-state index in [1.54, 1.807) is 0 Å². The van der Waals surface area contributed by atoms with Crippen LogP contribution in [0.15, 0.2) is 163 Å². The molecule has 1 aromatic heterocycles. The molecule has 0 atom stereocenters. The van der Waals surface area contributed by atoms with Crippen LogP contribution >= 0.6 is 11.8 Å². The summed E-state index contributed by atoms with van der Waals surface area (Å²) < 4.78 is 2.25. The van der Waals surface area contributed by atoms with E-state index in [0.29, 0.717) is 0 Å². The molecule has 0 spiro atoms. The number of imidazole rings is 1. The lowest BCUT2D eigenvalue weighted by Crippen LogP contribution is -2.22. The number of hydrogen-bond acceptors (Lipinski definition) is 2. The van der Waals surface area contributed by atoms with Crippen LogP contribution in [0.25, 0.3) is 61.6 Å². The second-order valence-corrected chi connectivity index (χ2v) is 13.6. The van der Waals surface area contributed by atoms with E-state index >= 15 is 0 Å². The van der Waals surface area contributed by atoms with Gasteiger partial charge in [-0.25, -0.2) is 4.98 Å². The number of fused-ring (bicyclic) bond motifs is 3. The summed E-state index contributed by atoms with van der Waals surface area (Å²) in [5.74, 6) is 0. The molecule has 0 radical (unpaired) electrons. The average molecular weight is 597 g/mol. The van der Waals surface area contributed by atoms with Crippen molar-refractivity contribution in [1.82, 2.24) is 9.55 Å². The number of para-hydroxylation sites is 1. The fourth-order valence-corrected chi connectivity index (χ4v) is 7.64.